The van der Waals surface area contributed by atoms with E-state index in [1.807, 2.05) is 6.07 Å². The SMILES string of the molecule is Cc1ccc(-c2ccc(C(=O)N[C@H]3CN4CC[C@@H]3C4)s2)s1. The molecule has 21 heavy (non-hydrogen) atoms. The van der Waals surface area contributed by atoms with Crippen LogP contribution in [-0.2, 0) is 0 Å². The molecule has 0 aliphatic carbocycles. The Morgan fingerprint density at radius 1 is 1.19 bits per heavy atom. The number of carbonyl (C=O) groups excluding carboxylic acids is 1. The lowest BCUT2D eigenvalue weighted by Crippen LogP contribution is -2.42. The molecule has 3 nitrogen and oxygen atoms in total. The van der Waals surface area contributed by atoms with Crippen molar-refractivity contribution in [2.24, 2.45) is 5.92 Å². The molecule has 0 radical (unpaired) electrons. The molecule has 0 saturated carbocycles. The van der Waals surface area contributed by atoms with Crippen LogP contribution in [0.25, 0.3) is 9.75 Å². The van der Waals surface area contributed by atoms with Gasteiger partial charge in [-0.1, -0.05) is 0 Å². The summed E-state index contributed by atoms with van der Waals surface area (Å²) >= 11 is 3.38. The topological polar surface area (TPSA) is 32.3 Å². The van der Waals surface area contributed by atoms with Crippen LogP contribution >= 0.6 is 22.7 Å². The predicted molar refractivity (Wildman–Crippen MR) is 88.2 cm³/mol. The van der Waals surface area contributed by atoms with Crippen molar-refractivity contribution in [3.63, 3.8) is 0 Å². The molecule has 2 aliphatic rings. The molecule has 0 spiro atoms. The van der Waals surface area contributed by atoms with Crippen molar-refractivity contribution in [1.29, 1.82) is 0 Å². The molecule has 2 aromatic rings. The standard InChI is InChI=1S/C16H18N2OS2/c1-10-2-3-13(20-10)14-4-5-15(21-14)16(19)17-12-9-18-7-6-11(12)8-18/h2-5,11-12H,6-9H2,1H3,(H,17,19)/t11-,12+/m1/s1. The largest absolute Gasteiger partial charge is 0.347 e. The first-order valence-electron chi connectivity index (χ1n) is 7.39. The Bertz CT molecular complexity index is 675. The van der Waals surface area contributed by atoms with Crippen LogP contribution in [0.4, 0.5) is 0 Å². The minimum absolute atomic E-state index is 0.0956. The molecular weight excluding hydrogens is 300 g/mol. The van der Waals surface area contributed by atoms with Crippen molar-refractivity contribution in [2.75, 3.05) is 19.6 Å². The van der Waals surface area contributed by atoms with Gasteiger partial charge >= 0.3 is 0 Å². The van der Waals surface area contributed by atoms with Gasteiger partial charge in [0, 0.05) is 33.8 Å². The normalized spacial score (nSPS) is 27.2. The summed E-state index contributed by atoms with van der Waals surface area (Å²) in [4.78, 5) is 19.4. The lowest BCUT2D eigenvalue weighted by atomic mass is 10.00. The number of rotatable bonds is 3. The summed E-state index contributed by atoms with van der Waals surface area (Å²) in [6.07, 6.45) is 1.23. The zero-order valence-corrected chi connectivity index (χ0v) is 13.6. The van der Waals surface area contributed by atoms with Crippen LogP contribution in [0.3, 0.4) is 0 Å². The van der Waals surface area contributed by atoms with Gasteiger partial charge in [-0.2, -0.15) is 0 Å². The zero-order valence-electron chi connectivity index (χ0n) is 12.0. The fourth-order valence-electron chi connectivity index (χ4n) is 3.35. The van der Waals surface area contributed by atoms with Crippen molar-refractivity contribution >= 4 is 28.6 Å². The van der Waals surface area contributed by atoms with Crippen LogP contribution < -0.4 is 5.32 Å². The average Bonchev–Trinajstić information content (AvgIpc) is 3.22. The highest BCUT2D eigenvalue weighted by Crippen LogP contribution is 2.34. The van der Waals surface area contributed by atoms with Gasteiger partial charge in [-0.15, -0.1) is 22.7 Å². The average molecular weight is 318 g/mol. The lowest BCUT2D eigenvalue weighted by molar-refractivity contribution is 0.0928. The van der Waals surface area contributed by atoms with Crippen LogP contribution in [0.15, 0.2) is 24.3 Å². The van der Waals surface area contributed by atoms with Crippen molar-refractivity contribution in [3.8, 4) is 9.75 Å². The van der Waals surface area contributed by atoms with Gasteiger partial charge in [0.25, 0.3) is 5.91 Å². The number of thiophene rings is 2. The maximum absolute atomic E-state index is 12.4. The molecule has 1 amide bonds. The monoisotopic (exact) mass is 318 g/mol. The molecule has 5 heteroatoms. The number of fused-ring (bicyclic) bond motifs is 2. The first kappa shape index (κ1) is 13.5. The Hall–Kier alpha value is -1.17. The number of aryl methyl sites for hydroxylation is 1. The van der Waals surface area contributed by atoms with E-state index in [2.05, 4.69) is 35.3 Å². The quantitative estimate of drug-likeness (QED) is 0.942. The Morgan fingerprint density at radius 2 is 2.00 bits per heavy atom. The summed E-state index contributed by atoms with van der Waals surface area (Å²) in [7, 11) is 0. The van der Waals surface area contributed by atoms with Crippen LogP contribution in [-0.4, -0.2) is 36.5 Å². The fourth-order valence-corrected chi connectivity index (χ4v) is 5.21. The summed E-state index contributed by atoms with van der Waals surface area (Å²) in [5, 5.41) is 3.23. The Morgan fingerprint density at radius 3 is 2.67 bits per heavy atom. The van der Waals surface area contributed by atoms with E-state index in [0.717, 1.165) is 18.0 Å². The van der Waals surface area contributed by atoms with Crippen molar-refractivity contribution in [1.82, 2.24) is 10.2 Å². The van der Waals surface area contributed by atoms with E-state index < -0.39 is 0 Å². The Kier molecular flexibility index (Phi) is 3.36. The number of carbonyl (C=O) groups is 1. The Balaban J connectivity index is 1.46. The summed E-state index contributed by atoms with van der Waals surface area (Å²) < 4.78 is 0. The zero-order chi connectivity index (χ0) is 14.4. The van der Waals surface area contributed by atoms with Crippen molar-refractivity contribution in [2.45, 2.75) is 19.4 Å². The van der Waals surface area contributed by atoms with E-state index in [9.17, 15) is 4.79 Å². The van der Waals surface area contributed by atoms with Gasteiger partial charge in [0.2, 0.25) is 0 Å². The molecule has 0 aromatic carbocycles. The number of hydrogen-bond donors (Lipinski definition) is 1. The molecule has 110 valence electrons. The third-order valence-electron chi connectivity index (χ3n) is 4.46. The lowest BCUT2D eigenvalue weighted by Gasteiger charge is -2.22. The summed E-state index contributed by atoms with van der Waals surface area (Å²) in [5.41, 5.74) is 0. The van der Waals surface area contributed by atoms with E-state index in [1.165, 1.54) is 27.6 Å². The van der Waals surface area contributed by atoms with E-state index in [0.29, 0.717) is 12.0 Å². The number of hydrogen-bond acceptors (Lipinski definition) is 4. The number of nitrogens with zero attached hydrogens (tertiary/aromatic N) is 1. The molecule has 2 aliphatic heterocycles. The third kappa shape index (κ3) is 2.54. The molecule has 2 aromatic heterocycles. The molecule has 2 fully saturated rings. The molecule has 4 rings (SSSR count). The molecule has 2 bridgehead atoms. The maximum Gasteiger partial charge on any atom is 0.261 e. The first-order chi connectivity index (χ1) is 10.2. The van der Waals surface area contributed by atoms with Gasteiger partial charge in [-0.3, -0.25) is 4.79 Å². The third-order valence-corrected chi connectivity index (χ3v) is 6.74. The van der Waals surface area contributed by atoms with Crippen LogP contribution in [0, 0.1) is 12.8 Å². The summed E-state index contributed by atoms with van der Waals surface area (Å²) in [5.74, 6) is 0.756. The van der Waals surface area contributed by atoms with Gasteiger partial charge in [0.15, 0.2) is 0 Å². The minimum atomic E-state index is 0.0956. The summed E-state index contributed by atoms with van der Waals surface area (Å²) in [6, 6.07) is 8.63. The Labute approximate surface area is 132 Å². The molecule has 3 atom stereocenters. The predicted octanol–water partition coefficient (Wildman–Crippen LogP) is 3.22. The molecule has 4 heterocycles. The second-order valence-electron chi connectivity index (χ2n) is 5.96. The maximum atomic E-state index is 12.4. The van der Waals surface area contributed by atoms with Crippen LogP contribution in [0.5, 0.6) is 0 Å². The number of piperidine rings is 1. The van der Waals surface area contributed by atoms with Gasteiger partial charge in [-0.05, 0) is 50.1 Å². The number of amides is 1. The molecule has 1 unspecified atom stereocenters. The highest BCUT2D eigenvalue weighted by Gasteiger charge is 2.38. The van der Waals surface area contributed by atoms with Crippen LogP contribution in [0.1, 0.15) is 21.0 Å². The smallest absolute Gasteiger partial charge is 0.261 e. The second-order valence-corrected chi connectivity index (χ2v) is 8.33. The highest BCUT2D eigenvalue weighted by atomic mass is 32.1. The van der Waals surface area contributed by atoms with Gasteiger partial charge in [-0.25, -0.2) is 0 Å². The van der Waals surface area contributed by atoms with Gasteiger partial charge in [0.1, 0.15) is 0 Å². The van der Waals surface area contributed by atoms with E-state index >= 15 is 0 Å². The van der Waals surface area contributed by atoms with E-state index in [1.54, 1.807) is 22.7 Å². The number of nitrogens with one attached hydrogen (secondary N) is 1. The molecular formula is C16H18N2OS2. The van der Waals surface area contributed by atoms with Gasteiger partial charge < -0.3 is 10.2 Å². The fraction of sp³-hybridized carbons (Fsp3) is 0.438. The first-order valence-corrected chi connectivity index (χ1v) is 9.02. The second kappa shape index (κ2) is 5.23. The van der Waals surface area contributed by atoms with Crippen molar-refractivity contribution < 1.29 is 4.79 Å². The summed E-state index contributed by atoms with van der Waals surface area (Å²) in [6.45, 7) is 5.51. The van der Waals surface area contributed by atoms with Gasteiger partial charge in [0.05, 0.1) is 4.88 Å². The van der Waals surface area contributed by atoms with Crippen LogP contribution in [0.2, 0.25) is 0 Å². The molecule has 2 saturated heterocycles. The van der Waals surface area contributed by atoms with Crippen molar-refractivity contribution in [3.05, 3.63) is 34.0 Å². The van der Waals surface area contributed by atoms with E-state index in [-0.39, 0.29) is 5.91 Å². The highest BCUT2D eigenvalue weighted by molar-refractivity contribution is 7.23. The molecule has 1 N–H and O–H groups in total. The van der Waals surface area contributed by atoms with E-state index in [4.69, 9.17) is 0 Å². The minimum Gasteiger partial charge on any atom is -0.347 e.